The normalized spacial score (nSPS) is 17.1. The van der Waals surface area contributed by atoms with Gasteiger partial charge in [0.2, 0.25) is 5.12 Å². The summed E-state index contributed by atoms with van der Waals surface area (Å²) in [6.45, 7) is 0. The molecule has 0 saturated heterocycles. The Morgan fingerprint density at radius 3 is 2.56 bits per heavy atom. The average molecular weight is 280 g/mol. The second-order valence-electron chi connectivity index (χ2n) is 3.35. The molecule has 7 heteroatoms. The molecule has 1 aromatic rings. The summed E-state index contributed by atoms with van der Waals surface area (Å²) in [5.41, 5.74) is 1.12. The Morgan fingerprint density at radius 1 is 1.39 bits per heavy atom. The molecule has 1 aromatic carbocycles. The Morgan fingerprint density at radius 2 is 2.06 bits per heavy atom. The van der Waals surface area contributed by atoms with E-state index in [1.165, 1.54) is 23.9 Å². The van der Waals surface area contributed by atoms with Gasteiger partial charge in [0.05, 0.1) is 4.92 Å². The molecule has 0 N–H and O–H groups in total. The van der Waals surface area contributed by atoms with E-state index in [1.54, 1.807) is 18.2 Å². The van der Waals surface area contributed by atoms with Gasteiger partial charge in [-0.2, -0.15) is 0 Å². The Labute approximate surface area is 112 Å². The van der Waals surface area contributed by atoms with Crippen LogP contribution in [0.5, 0.6) is 0 Å². The van der Waals surface area contributed by atoms with E-state index < -0.39 is 4.92 Å². The maximum absolute atomic E-state index is 11.6. The van der Waals surface area contributed by atoms with Crippen molar-refractivity contribution >= 4 is 44.8 Å². The van der Waals surface area contributed by atoms with Crippen LogP contribution >= 0.6 is 23.5 Å². The molecule has 0 spiro atoms. The number of rotatable bonds is 2. The van der Waals surface area contributed by atoms with Crippen molar-refractivity contribution in [1.82, 2.24) is 0 Å². The smallest absolute Gasteiger partial charge is 0.269 e. The third-order valence-electron chi connectivity index (χ3n) is 2.18. The zero-order valence-electron chi connectivity index (χ0n) is 9.32. The molecule has 0 amide bonds. The second kappa shape index (κ2) is 5.36. The SMILES string of the molecule is CSC1=N/C(=C\c2ccc([N+](=O)[O-])cc2)C(=O)S1. The van der Waals surface area contributed by atoms with Gasteiger partial charge >= 0.3 is 0 Å². The van der Waals surface area contributed by atoms with Crippen LogP contribution in [0.2, 0.25) is 0 Å². The zero-order valence-corrected chi connectivity index (χ0v) is 11.0. The minimum Gasteiger partial charge on any atom is -0.279 e. The van der Waals surface area contributed by atoms with E-state index in [9.17, 15) is 14.9 Å². The maximum atomic E-state index is 11.6. The highest BCUT2D eigenvalue weighted by Crippen LogP contribution is 2.29. The van der Waals surface area contributed by atoms with Crippen molar-refractivity contribution in [3.63, 3.8) is 0 Å². The van der Waals surface area contributed by atoms with Gasteiger partial charge in [-0.1, -0.05) is 0 Å². The molecule has 5 nitrogen and oxygen atoms in total. The number of carbonyl (C=O) groups excluding carboxylic acids is 1. The molecule has 1 aliphatic rings. The van der Waals surface area contributed by atoms with Crippen LogP contribution in [0.3, 0.4) is 0 Å². The van der Waals surface area contributed by atoms with Crippen LogP contribution in [0.1, 0.15) is 5.56 Å². The quantitative estimate of drug-likeness (QED) is 0.473. The average Bonchev–Trinajstić information content (AvgIpc) is 2.71. The minimum atomic E-state index is -0.461. The van der Waals surface area contributed by atoms with E-state index in [-0.39, 0.29) is 10.8 Å². The van der Waals surface area contributed by atoms with Crippen molar-refractivity contribution in [2.24, 2.45) is 4.99 Å². The van der Waals surface area contributed by atoms with Crippen molar-refractivity contribution in [2.45, 2.75) is 0 Å². The Bertz CT molecular complexity index is 564. The van der Waals surface area contributed by atoms with Crippen LogP contribution in [-0.4, -0.2) is 20.7 Å². The molecule has 92 valence electrons. The number of non-ortho nitro benzene ring substituents is 1. The van der Waals surface area contributed by atoms with Gasteiger partial charge in [-0.05, 0) is 41.8 Å². The molecule has 0 aliphatic carbocycles. The van der Waals surface area contributed by atoms with Crippen molar-refractivity contribution in [3.8, 4) is 0 Å². The third kappa shape index (κ3) is 2.80. The summed E-state index contributed by atoms with van der Waals surface area (Å²) >= 11 is 2.52. The van der Waals surface area contributed by atoms with Gasteiger partial charge in [-0.3, -0.25) is 14.9 Å². The summed E-state index contributed by atoms with van der Waals surface area (Å²) in [4.78, 5) is 25.8. The van der Waals surface area contributed by atoms with Gasteiger partial charge in [0.25, 0.3) is 5.69 Å². The Balaban J connectivity index is 2.25. The van der Waals surface area contributed by atoms with Gasteiger partial charge < -0.3 is 0 Å². The number of carbonyl (C=O) groups is 1. The van der Waals surface area contributed by atoms with Crippen molar-refractivity contribution in [3.05, 3.63) is 45.6 Å². The van der Waals surface area contributed by atoms with Gasteiger partial charge in [0.15, 0.2) is 0 Å². The maximum Gasteiger partial charge on any atom is 0.269 e. The van der Waals surface area contributed by atoms with Crippen LogP contribution in [0, 0.1) is 10.1 Å². The topological polar surface area (TPSA) is 72.6 Å². The number of hydrogen-bond acceptors (Lipinski definition) is 6. The van der Waals surface area contributed by atoms with Crippen LogP contribution < -0.4 is 0 Å². The van der Waals surface area contributed by atoms with E-state index in [1.807, 2.05) is 6.26 Å². The summed E-state index contributed by atoms with van der Waals surface area (Å²) in [5, 5.41) is 10.4. The van der Waals surface area contributed by atoms with E-state index in [2.05, 4.69) is 4.99 Å². The summed E-state index contributed by atoms with van der Waals surface area (Å²) in [6, 6.07) is 5.99. The Kier molecular flexibility index (Phi) is 3.83. The summed E-state index contributed by atoms with van der Waals surface area (Å²) < 4.78 is 0.716. The number of thioether (sulfide) groups is 2. The Hall–Kier alpha value is -1.60. The molecule has 18 heavy (non-hydrogen) atoms. The summed E-state index contributed by atoms with van der Waals surface area (Å²) in [6.07, 6.45) is 3.48. The highest BCUT2D eigenvalue weighted by atomic mass is 32.2. The molecule has 0 bridgehead atoms. The van der Waals surface area contributed by atoms with Crippen LogP contribution in [0.15, 0.2) is 35.0 Å². The zero-order chi connectivity index (χ0) is 13.1. The number of nitro benzene ring substituents is 1. The molecule has 1 aliphatic heterocycles. The van der Waals surface area contributed by atoms with Crippen molar-refractivity contribution in [2.75, 3.05) is 6.26 Å². The molecule has 0 fully saturated rings. The van der Waals surface area contributed by atoms with Crippen molar-refractivity contribution < 1.29 is 9.72 Å². The molecule has 0 unspecified atom stereocenters. The molecule has 0 saturated carbocycles. The van der Waals surface area contributed by atoms with E-state index in [0.29, 0.717) is 10.1 Å². The molecule has 2 rings (SSSR count). The van der Waals surface area contributed by atoms with E-state index >= 15 is 0 Å². The molecular weight excluding hydrogens is 272 g/mol. The van der Waals surface area contributed by atoms with Crippen LogP contribution in [0.4, 0.5) is 5.69 Å². The lowest BCUT2D eigenvalue weighted by atomic mass is 10.2. The minimum absolute atomic E-state index is 0.0255. The van der Waals surface area contributed by atoms with E-state index in [4.69, 9.17) is 0 Å². The molecule has 0 aromatic heterocycles. The second-order valence-corrected chi connectivity index (χ2v) is 5.36. The predicted molar refractivity (Wildman–Crippen MR) is 74.6 cm³/mol. The highest BCUT2D eigenvalue weighted by molar-refractivity contribution is 8.45. The van der Waals surface area contributed by atoms with E-state index in [0.717, 1.165) is 17.3 Å². The fourth-order valence-electron chi connectivity index (χ4n) is 1.33. The van der Waals surface area contributed by atoms with Gasteiger partial charge in [-0.25, -0.2) is 4.99 Å². The first kappa shape index (κ1) is 12.8. The lowest BCUT2D eigenvalue weighted by Gasteiger charge is -1.94. The lowest BCUT2D eigenvalue weighted by molar-refractivity contribution is -0.384. The fourth-order valence-corrected chi connectivity index (χ4v) is 2.59. The largest absolute Gasteiger partial charge is 0.279 e. The molecular formula is C11H8N2O3S2. The van der Waals surface area contributed by atoms with Crippen LogP contribution in [-0.2, 0) is 4.79 Å². The molecule has 0 radical (unpaired) electrons. The van der Waals surface area contributed by atoms with Gasteiger partial charge in [0.1, 0.15) is 10.1 Å². The predicted octanol–water partition coefficient (Wildman–Crippen LogP) is 2.93. The monoisotopic (exact) mass is 280 g/mol. The number of nitro groups is 1. The number of aliphatic imine (C=N–C) groups is 1. The number of nitrogens with zero attached hydrogens (tertiary/aromatic N) is 2. The standard InChI is InChI=1S/C11H8N2O3S2/c1-17-11-12-9(10(14)18-11)6-7-2-4-8(5-3-7)13(15)16/h2-6H,1H3/b9-6-. The first-order chi connectivity index (χ1) is 8.60. The fraction of sp³-hybridized carbons (Fsp3) is 0.0909. The van der Waals surface area contributed by atoms with Crippen molar-refractivity contribution in [1.29, 1.82) is 0 Å². The molecule has 0 atom stereocenters. The molecule has 1 heterocycles. The van der Waals surface area contributed by atoms with Gasteiger partial charge in [-0.15, -0.1) is 11.8 Å². The lowest BCUT2D eigenvalue weighted by Crippen LogP contribution is -1.89. The number of benzene rings is 1. The third-order valence-corrected chi connectivity index (χ3v) is 4.03. The first-order valence-electron chi connectivity index (χ1n) is 4.91. The summed E-state index contributed by atoms with van der Waals surface area (Å²) in [5.74, 6) is 0. The van der Waals surface area contributed by atoms with Gasteiger partial charge in [0, 0.05) is 12.1 Å². The van der Waals surface area contributed by atoms with Crippen LogP contribution in [0.25, 0.3) is 6.08 Å². The summed E-state index contributed by atoms with van der Waals surface area (Å²) in [7, 11) is 0. The first-order valence-corrected chi connectivity index (χ1v) is 6.95. The number of hydrogen-bond donors (Lipinski definition) is 0. The highest BCUT2D eigenvalue weighted by Gasteiger charge is 2.21.